The van der Waals surface area contributed by atoms with E-state index in [0.717, 1.165) is 0 Å². The van der Waals surface area contributed by atoms with Crippen LogP contribution in [0.25, 0.3) is 0 Å². The Kier molecular flexibility index (Phi) is 1.15. The van der Waals surface area contributed by atoms with Crippen LogP contribution in [0, 0.1) is 0 Å². The third kappa shape index (κ3) is 1.28. The molecule has 6 heavy (non-hydrogen) atoms. The molecule has 0 aliphatic carbocycles. The molecule has 4 nitrogen and oxygen atoms in total. The van der Waals surface area contributed by atoms with Crippen molar-refractivity contribution in [3.05, 3.63) is 0 Å². The van der Waals surface area contributed by atoms with Gasteiger partial charge in [0, 0.05) is 0 Å². The quantitative estimate of drug-likeness (QED) is 0.301. The molecule has 0 rings (SSSR count). The summed E-state index contributed by atoms with van der Waals surface area (Å²) in [5, 5.41) is 14.8. The summed E-state index contributed by atoms with van der Waals surface area (Å²) in [6.07, 6.45) is 0. The molecule has 0 aromatic rings. The lowest BCUT2D eigenvalue weighted by atomic mass is 11.1. The molecule has 0 aliphatic heterocycles. The van der Waals surface area contributed by atoms with Crippen LogP contribution in [0.15, 0.2) is 0 Å². The SMILES string of the molecule is O=C(O)[13C](=O)O. The molecule has 0 aromatic carbocycles. The van der Waals surface area contributed by atoms with Crippen molar-refractivity contribution in [1.82, 2.24) is 0 Å². The molecule has 0 aliphatic rings. The summed E-state index contributed by atoms with van der Waals surface area (Å²) < 4.78 is 0. The summed E-state index contributed by atoms with van der Waals surface area (Å²) in [4.78, 5) is 18.2. The van der Waals surface area contributed by atoms with Crippen molar-refractivity contribution < 1.29 is 19.8 Å². The minimum Gasteiger partial charge on any atom is -0.473 e. The second-order valence-electron chi connectivity index (χ2n) is 0.610. The fourth-order valence-electron chi connectivity index (χ4n) is 0. The lowest BCUT2D eigenvalue weighted by molar-refractivity contribution is -0.159. The smallest absolute Gasteiger partial charge is 0.414 e. The highest BCUT2D eigenvalue weighted by atomic mass is 16.5. The van der Waals surface area contributed by atoms with Crippen LogP contribution in [-0.4, -0.2) is 22.2 Å². The second kappa shape index (κ2) is 1.40. The monoisotopic (exact) mass is 91.0 g/mol. The summed E-state index contributed by atoms with van der Waals surface area (Å²) in [6.45, 7) is 0. The number of carbonyl (C=O) groups is 2. The molecule has 0 saturated carbocycles. The molecule has 0 unspecified atom stereocenters. The van der Waals surface area contributed by atoms with E-state index in [1.54, 1.807) is 0 Å². The van der Waals surface area contributed by atoms with Crippen LogP contribution in [0.5, 0.6) is 0 Å². The van der Waals surface area contributed by atoms with Crippen molar-refractivity contribution in [2.45, 2.75) is 0 Å². The first-order chi connectivity index (χ1) is 2.64. The van der Waals surface area contributed by atoms with Crippen LogP contribution in [0.3, 0.4) is 0 Å². The minimum absolute atomic E-state index is 1.82. The van der Waals surface area contributed by atoms with Crippen molar-refractivity contribution in [2.24, 2.45) is 0 Å². The molecule has 2 N–H and O–H groups in total. The highest BCUT2D eigenvalue weighted by Crippen LogP contribution is 1.56. The van der Waals surface area contributed by atoms with Gasteiger partial charge in [-0.2, -0.15) is 0 Å². The fourth-order valence-corrected chi connectivity index (χ4v) is 0. The van der Waals surface area contributed by atoms with Gasteiger partial charge in [-0.25, -0.2) is 9.59 Å². The van der Waals surface area contributed by atoms with Gasteiger partial charge in [0.1, 0.15) is 0 Å². The third-order valence-electron chi connectivity index (χ3n) is 0.183. The topological polar surface area (TPSA) is 74.6 Å². The van der Waals surface area contributed by atoms with Crippen LogP contribution in [-0.2, 0) is 9.59 Å². The van der Waals surface area contributed by atoms with Gasteiger partial charge in [-0.3, -0.25) is 0 Å². The van der Waals surface area contributed by atoms with Crippen LogP contribution < -0.4 is 0 Å². The van der Waals surface area contributed by atoms with Crippen molar-refractivity contribution in [1.29, 1.82) is 0 Å². The van der Waals surface area contributed by atoms with Gasteiger partial charge in [0.2, 0.25) is 0 Å². The van der Waals surface area contributed by atoms with Crippen LogP contribution in [0.1, 0.15) is 0 Å². The van der Waals surface area contributed by atoms with Crippen LogP contribution in [0.2, 0.25) is 0 Å². The van der Waals surface area contributed by atoms with Gasteiger partial charge < -0.3 is 10.2 Å². The number of hydrogen-bond donors (Lipinski definition) is 2. The van der Waals surface area contributed by atoms with E-state index in [4.69, 9.17) is 19.8 Å². The van der Waals surface area contributed by atoms with E-state index in [1.165, 1.54) is 0 Å². The van der Waals surface area contributed by atoms with Crippen molar-refractivity contribution in [3.8, 4) is 0 Å². The molecule has 0 aromatic heterocycles. The van der Waals surface area contributed by atoms with E-state index in [9.17, 15) is 0 Å². The molecular weight excluding hydrogens is 89.0 g/mol. The second-order valence-corrected chi connectivity index (χ2v) is 0.610. The van der Waals surface area contributed by atoms with Gasteiger partial charge in [-0.1, -0.05) is 0 Å². The Bertz CT molecular complexity index is 71.5. The van der Waals surface area contributed by atoms with Crippen LogP contribution >= 0.6 is 0 Å². The van der Waals surface area contributed by atoms with Gasteiger partial charge in [-0.05, 0) is 0 Å². The summed E-state index contributed by atoms with van der Waals surface area (Å²) in [5.41, 5.74) is 0. The van der Waals surface area contributed by atoms with Crippen molar-refractivity contribution >= 4 is 11.9 Å². The van der Waals surface area contributed by atoms with Crippen molar-refractivity contribution in [2.75, 3.05) is 0 Å². The fraction of sp³-hybridized carbons (Fsp3) is 0. The van der Waals surface area contributed by atoms with Gasteiger partial charge in [0.25, 0.3) is 0 Å². The minimum atomic E-state index is -1.82. The zero-order chi connectivity index (χ0) is 5.15. The summed E-state index contributed by atoms with van der Waals surface area (Å²) in [7, 11) is 0. The molecular formula is C2H2O4. The Hall–Kier alpha value is -1.06. The van der Waals surface area contributed by atoms with Gasteiger partial charge in [0.05, 0.1) is 0 Å². The number of aliphatic carboxylic acids is 2. The van der Waals surface area contributed by atoms with Gasteiger partial charge >= 0.3 is 11.9 Å². The normalized spacial score (nSPS) is 7.33. The lowest BCUT2D eigenvalue weighted by Gasteiger charge is -1.72. The molecule has 4 heteroatoms. The molecule has 0 radical (unpaired) electrons. The first-order valence-electron chi connectivity index (χ1n) is 1.11. The highest BCUT2D eigenvalue weighted by Gasteiger charge is 2.04. The maximum atomic E-state index is 9.10. The molecule has 34 valence electrons. The molecule has 0 amide bonds. The van der Waals surface area contributed by atoms with E-state index < -0.39 is 11.9 Å². The maximum Gasteiger partial charge on any atom is 0.414 e. The van der Waals surface area contributed by atoms with E-state index in [0.29, 0.717) is 0 Å². The first-order valence-corrected chi connectivity index (χ1v) is 1.11. The predicted octanol–water partition coefficient (Wildman–Crippen LogP) is -0.844. The van der Waals surface area contributed by atoms with Gasteiger partial charge in [-0.15, -0.1) is 0 Å². The molecule has 0 spiro atoms. The maximum absolute atomic E-state index is 9.10. The summed E-state index contributed by atoms with van der Waals surface area (Å²) in [5.74, 6) is -3.65. The molecule has 0 atom stereocenters. The van der Waals surface area contributed by atoms with Gasteiger partial charge in [0.15, 0.2) is 0 Å². The number of carboxylic acids is 2. The van der Waals surface area contributed by atoms with Crippen LogP contribution in [0.4, 0.5) is 0 Å². The molecule has 0 saturated heterocycles. The largest absolute Gasteiger partial charge is 0.473 e. The number of hydrogen-bond acceptors (Lipinski definition) is 2. The molecule has 0 fully saturated rings. The average molecular weight is 91.0 g/mol. The highest BCUT2D eigenvalue weighted by molar-refractivity contribution is 6.27. The third-order valence-corrected chi connectivity index (χ3v) is 0.183. The Labute approximate surface area is 33.0 Å². The zero-order valence-electron chi connectivity index (χ0n) is 2.71. The Morgan fingerprint density at radius 3 is 1.17 bits per heavy atom. The first kappa shape index (κ1) is 4.94. The Balaban J connectivity index is 3.57. The predicted molar refractivity (Wildman–Crippen MR) is 15.3 cm³/mol. The van der Waals surface area contributed by atoms with E-state index >= 15 is 0 Å². The summed E-state index contributed by atoms with van der Waals surface area (Å²) >= 11 is 0. The Morgan fingerprint density at radius 2 is 1.17 bits per heavy atom. The number of rotatable bonds is 0. The van der Waals surface area contributed by atoms with Crippen molar-refractivity contribution in [3.63, 3.8) is 0 Å². The van der Waals surface area contributed by atoms with E-state index in [1.807, 2.05) is 0 Å². The zero-order valence-corrected chi connectivity index (χ0v) is 2.71. The molecule has 0 bridgehead atoms. The lowest BCUT2D eigenvalue weighted by Crippen LogP contribution is -2.09. The Morgan fingerprint density at radius 1 is 1.00 bits per heavy atom. The average Bonchev–Trinajstić information content (AvgIpc) is 1.36. The van der Waals surface area contributed by atoms with E-state index in [-0.39, 0.29) is 0 Å². The molecule has 0 heterocycles. The van der Waals surface area contributed by atoms with E-state index in [2.05, 4.69) is 0 Å². The standard InChI is InChI=1S/C2H2O4/c3-1(4)2(5)6/h(H,3,4)(H,5,6)/i1+1. The summed E-state index contributed by atoms with van der Waals surface area (Å²) in [6, 6.07) is 0. The number of carboxylic acid groups (broad SMARTS) is 2.